The molecule has 2 aromatic heterocycles. The smallest absolute Gasteiger partial charge is 0.252 e. The molecule has 2 aliphatic rings. The van der Waals surface area contributed by atoms with Crippen LogP contribution in [0.25, 0.3) is 43.9 Å². The van der Waals surface area contributed by atoms with Gasteiger partial charge in [-0.25, -0.2) is 0 Å². The van der Waals surface area contributed by atoms with Crippen LogP contribution in [0.2, 0.25) is 0 Å². The first-order valence-corrected chi connectivity index (χ1v) is 16.5. The summed E-state index contributed by atoms with van der Waals surface area (Å²) in [6.45, 7) is 2.29. The highest BCUT2D eigenvalue weighted by molar-refractivity contribution is 7.00. The Kier molecular flexibility index (Phi) is 5.09. The van der Waals surface area contributed by atoms with E-state index in [1.54, 1.807) is 0 Å². The summed E-state index contributed by atoms with van der Waals surface area (Å²) in [4.78, 5) is 4.86. The van der Waals surface area contributed by atoms with Crippen LogP contribution in [0.4, 0.5) is 34.1 Å². The van der Waals surface area contributed by atoms with Gasteiger partial charge in [0.2, 0.25) is 0 Å². The van der Waals surface area contributed by atoms with E-state index in [0.717, 1.165) is 55.3 Å². The molecule has 0 unspecified atom stereocenters. The van der Waals surface area contributed by atoms with Crippen molar-refractivity contribution in [2.75, 3.05) is 9.80 Å². The number of furan rings is 2. The molecule has 5 heteroatoms. The van der Waals surface area contributed by atoms with Gasteiger partial charge in [0.15, 0.2) is 0 Å². The van der Waals surface area contributed by atoms with Crippen molar-refractivity contribution in [3.8, 4) is 0 Å². The number of benzene rings is 7. The van der Waals surface area contributed by atoms with Gasteiger partial charge in [0.25, 0.3) is 6.71 Å². The van der Waals surface area contributed by atoms with Crippen molar-refractivity contribution in [1.82, 2.24) is 0 Å². The number of nitrogens with zero attached hydrogens (tertiary/aromatic N) is 2. The average Bonchev–Trinajstić information content (AvgIpc) is 3.68. The lowest BCUT2D eigenvalue weighted by Gasteiger charge is -2.44. The molecule has 0 radical (unpaired) electrons. The maximum Gasteiger partial charge on any atom is 0.252 e. The first-order chi connectivity index (χ1) is 23.7. The number of fused-ring (bicyclic) bond motifs is 10. The molecule has 224 valence electrons. The zero-order chi connectivity index (χ0) is 31.5. The Morgan fingerprint density at radius 2 is 0.854 bits per heavy atom. The van der Waals surface area contributed by atoms with E-state index in [1.807, 2.05) is 24.3 Å². The Balaban J connectivity index is 1.18. The number of aryl methyl sites for hydroxylation is 1. The summed E-state index contributed by atoms with van der Waals surface area (Å²) in [5, 5.41) is 4.54. The van der Waals surface area contributed by atoms with Gasteiger partial charge in [-0.3, -0.25) is 0 Å². The van der Waals surface area contributed by atoms with E-state index in [-0.39, 0.29) is 6.71 Å². The Morgan fingerprint density at radius 1 is 0.417 bits per heavy atom. The molecule has 11 rings (SSSR count). The lowest BCUT2D eigenvalue weighted by atomic mass is 9.33. The molecule has 4 heterocycles. The van der Waals surface area contributed by atoms with Crippen LogP contribution in [0.15, 0.2) is 154 Å². The minimum atomic E-state index is 0.0837. The van der Waals surface area contributed by atoms with Gasteiger partial charge in [0.05, 0.1) is 0 Å². The van der Waals surface area contributed by atoms with E-state index in [9.17, 15) is 0 Å². The van der Waals surface area contributed by atoms with E-state index in [4.69, 9.17) is 8.83 Å². The molecule has 0 bridgehead atoms. The van der Waals surface area contributed by atoms with Gasteiger partial charge in [-0.1, -0.05) is 72.8 Å². The summed E-state index contributed by atoms with van der Waals surface area (Å²) in [5.41, 5.74) is 15.6. The standard InChI is InChI=1S/C43H27BN2O2/c1-26-22-37-43-38(23-26)46(28-19-21-32-30-11-3-9-17-40(30)48-42(32)25-28)36-15-7-5-13-34(36)44(43)33-12-4-6-14-35(33)45(37)27-18-20-31-29-10-2-8-16-39(29)47-41(31)24-27/h2-25H,1H3. The molecule has 48 heavy (non-hydrogen) atoms. The predicted octanol–water partition coefficient (Wildman–Crippen LogP) is 9.88. The number of para-hydroxylation sites is 4. The summed E-state index contributed by atoms with van der Waals surface area (Å²) in [6.07, 6.45) is 0. The van der Waals surface area contributed by atoms with Gasteiger partial charge in [-0.05, 0) is 89.5 Å². The third-order valence-corrected chi connectivity index (χ3v) is 10.3. The zero-order valence-electron chi connectivity index (χ0n) is 26.1. The van der Waals surface area contributed by atoms with Crippen LogP contribution in [0.3, 0.4) is 0 Å². The number of rotatable bonds is 2. The second-order valence-electron chi connectivity index (χ2n) is 13.0. The lowest BCUT2D eigenvalue weighted by Crippen LogP contribution is -2.61. The molecule has 7 aromatic carbocycles. The average molecular weight is 615 g/mol. The molecule has 0 saturated heterocycles. The maximum atomic E-state index is 6.40. The minimum Gasteiger partial charge on any atom is -0.456 e. The summed E-state index contributed by atoms with van der Waals surface area (Å²) in [7, 11) is 0. The SMILES string of the molecule is Cc1cc2c3c(c1)N(c1ccc4c(c1)oc1ccccc14)c1ccccc1B3c1ccccc1N2c1ccc2c(c1)oc1ccccc12. The van der Waals surface area contributed by atoms with E-state index >= 15 is 0 Å². The van der Waals surface area contributed by atoms with Gasteiger partial charge >= 0.3 is 0 Å². The summed E-state index contributed by atoms with van der Waals surface area (Å²) in [5.74, 6) is 0. The van der Waals surface area contributed by atoms with Crippen LogP contribution in [0.5, 0.6) is 0 Å². The van der Waals surface area contributed by atoms with Crippen LogP contribution < -0.4 is 26.2 Å². The normalized spacial score (nSPS) is 13.4. The summed E-state index contributed by atoms with van der Waals surface area (Å²) >= 11 is 0. The molecule has 0 amide bonds. The van der Waals surface area contributed by atoms with Crippen molar-refractivity contribution >= 4 is 101 Å². The van der Waals surface area contributed by atoms with Gasteiger partial charge in [0.1, 0.15) is 22.3 Å². The van der Waals surface area contributed by atoms with E-state index in [0.29, 0.717) is 0 Å². The molecule has 0 fully saturated rings. The Labute approximate surface area is 277 Å². The third kappa shape index (κ3) is 3.45. The lowest BCUT2D eigenvalue weighted by molar-refractivity contribution is 0.668. The quantitative estimate of drug-likeness (QED) is 0.182. The second kappa shape index (κ2) is 9.43. The first kappa shape index (κ1) is 25.9. The number of anilines is 6. The molecule has 4 nitrogen and oxygen atoms in total. The van der Waals surface area contributed by atoms with Crippen molar-refractivity contribution in [1.29, 1.82) is 0 Å². The Morgan fingerprint density at radius 3 is 1.38 bits per heavy atom. The van der Waals surface area contributed by atoms with Crippen LogP contribution in [0, 0.1) is 6.92 Å². The molecule has 0 N–H and O–H groups in total. The van der Waals surface area contributed by atoms with Gasteiger partial charge in [-0.15, -0.1) is 0 Å². The molecule has 0 atom stereocenters. The van der Waals surface area contributed by atoms with Crippen molar-refractivity contribution in [2.24, 2.45) is 0 Å². The number of hydrogen-bond donors (Lipinski definition) is 0. The minimum absolute atomic E-state index is 0.0837. The largest absolute Gasteiger partial charge is 0.456 e. The molecule has 0 saturated carbocycles. The first-order valence-electron chi connectivity index (χ1n) is 16.5. The fourth-order valence-corrected chi connectivity index (χ4v) is 8.30. The van der Waals surface area contributed by atoms with Gasteiger partial charge in [0, 0.05) is 67.8 Å². The van der Waals surface area contributed by atoms with Crippen LogP contribution in [-0.4, -0.2) is 6.71 Å². The van der Waals surface area contributed by atoms with Crippen molar-refractivity contribution in [2.45, 2.75) is 6.92 Å². The molecule has 0 spiro atoms. The molecule has 0 aliphatic carbocycles. The Hall–Kier alpha value is -6.20. The highest BCUT2D eigenvalue weighted by Crippen LogP contribution is 2.46. The molecule has 2 aliphatic heterocycles. The molecular formula is C43H27BN2O2. The highest BCUT2D eigenvalue weighted by Gasteiger charge is 2.43. The third-order valence-electron chi connectivity index (χ3n) is 10.3. The predicted molar refractivity (Wildman–Crippen MR) is 200 cm³/mol. The van der Waals surface area contributed by atoms with Gasteiger partial charge in [-0.2, -0.15) is 0 Å². The molecule has 9 aromatic rings. The van der Waals surface area contributed by atoms with Crippen molar-refractivity contribution in [3.05, 3.63) is 151 Å². The topological polar surface area (TPSA) is 32.8 Å². The zero-order valence-corrected chi connectivity index (χ0v) is 26.1. The van der Waals surface area contributed by atoms with E-state index in [2.05, 4.69) is 138 Å². The number of hydrogen-bond acceptors (Lipinski definition) is 4. The fourth-order valence-electron chi connectivity index (χ4n) is 8.30. The Bertz CT molecular complexity index is 2610. The fraction of sp³-hybridized carbons (Fsp3) is 0.0233. The maximum absolute atomic E-state index is 6.40. The van der Waals surface area contributed by atoms with E-state index in [1.165, 1.54) is 44.7 Å². The highest BCUT2D eigenvalue weighted by atomic mass is 16.3. The molecular weight excluding hydrogens is 587 g/mol. The van der Waals surface area contributed by atoms with Crippen LogP contribution in [0.1, 0.15) is 5.56 Å². The summed E-state index contributed by atoms with van der Waals surface area (Å²) < 4.78 is 12.8. The van der Waals surface area contributed by atoms with E-state index < -0.39 is 0 Å². The van der Waals surface area contributed by atoms with Crippen LogP contribution in [-0.2, 0) is 0 Å². The summed E-state index contributed by atoms with van der Waals surface area (Å²) in [6, 6.07) is 52.3. The van der Waals surface area contributed by atoms with Gasteiger partial charge < -0.3 is 18.6 Å². The monoisotopic (exact) mass is 614 g/mol. The van der Waals surface area contributed by atoms with Crippen molar-refractivity contribution < 1.29 is 8.83 Å². The van der Waals surface area contributed by atoms with Crippen molar-refractivity contribution in [3.63, 3.8) is 0 Å². The van der Waals surface area contributed by atoms with Crippen LogP contribution >= 0.6 is 0 Å². The second-order valence-corrected chi connectivity index (χ2v) is 13.0.